The van der Waals surface area contributed by atoms with E-state index in [2.05, 4.69) is 20.9 Å². The molecule has 0 saturated carbocycles. The van der Waals surface area contributed by atoms with Crippen LogP contribution < -0.4 is 23.0 Å². The molecule has 2 rings (SSSR count). The van der Waals surface area contributed by atoms with Crippen molar-refractivity contribution >= 4 is 21.6 Å². The molecule has 6 nitrogen and oxygen atoms in total. The number of fused-ring (bicyclic) bond motifs is 1. The molecule has 2 heterocycles. The topological polar surface area (TPSA) is 109 Å². The molecule has 0 aliphatic heterocycles. The van der Waals surface area contributed by atoms with Gasteiger partial charge in [-0.25, -0.2) is 23.0 Å². The molecule has 16 heavy (non-hydrogen) atoms. The van der Waals surface area contributed by atoms with Crippen LogP contribution in [0.2, 0.25) is 0 Å². The lowest BCUT2D eigenvalue weighted by atomic mass is 10.4. The second kappa shape index (κ2) is 5.48. The molecule has 0 atom stereocenters. The predicted molar refractivity (Wildman–Crippen MR) is 45.1 cm³/mol. The molecule has 0 N–H and O–H groups in total. The smallest absolute Gasteiger partial charge is 0.222 e. The van der Waals surface area contributed by atoms with Crippen molar-refractivity contribution in [3.63, 3.8) is 0 Å². The van der Waals surface area contributed by atoms with Crippen molar-refractivity contribution < 1.29 is 33.3 Å². The summed E-state index contributed by atoms with van der Waals surface area (Å²) in [6, 6.07) is 5.84. The van der Waals surface area contributed by atoms with Crippen LogP contribution in [0.1, 0.15) is 0 Å². The monoisotopic (exact) mass is 308 g/mol. The van der Waals surface area contributed by atoms with Crippen LogP contribution in [0.3, 0.4) is 0 Å². The molecule has 0 aliphatic carbocycles. The van der Waals surface area contributed by atoms with Crippen molar-refractivity contribution in [2.75, 3.05) is 0 Å². The molecule has 0 saturated heterocycles. The first-order valence-corrected chi connectivity index (χ1v) is 5.92. The van der Waals surface area contributed by atoms with Gasteiger partial charge in [0.1, 0.15) is 12.4 Å². The third kappa shape index (κ3) is 5.31. The zero-order chi connectivity index (χ0) is 12.2. The van der Waals surface area contributed by atoms with E-state index in [1.165, 1.54) is 0 Å². The molecule has 0 fully saturated rings. The highest BCUT2D eigenvalue weighted by atomic mass is 79.9. The molecule has 0 spiro atoms. The van der Waals surface area contributed by atoms with Crippen molar-refractivity contribution in [3.05, 3.63) is 41.3 Å². The number of rotatable bonds is 0. The SMILES string of the molecule is Brc1ccc2nccc[n+]2c1.[O-][Cl+3]([O-])([O-])[O-]. The molecule has 86 valence electrons. The van der Waals surface area contributed by atoms with Crippen LogP contribution in [-0.4, -0.2) is 4.98 Å². The first-order valence-electron chi connectivity index (χ1n) is 3.89. The molecule has 2 aromatic rings. The molecule has 0 aliphatic rings. The summed E-state index contributed by atoms with van der Waals surface area (Å²) >= 11 is 3.38. The number of hydrogen-bond acceptors (Lipinski definition) is 5. The van der Waals surface area contributed by atoms with Gasteiger partial charge in [0.2, 0.25) is 0 Å². The minimum absolute atomic E-state index is 0.954. The Bertz CT molecular complexity index is 471. The first-order chi connectivity index (χ1) is 7.36. The summed E-state index contributed by atoms with van der Waals surface area (Å²) in [7, 11) is -4.94. The van der Waals surface area contributed by atoms with E-state index in [4.69, 9.17) is 18.6 Å². The maximum atomic E-state index is 8.49. The molecule has 0 radical (unpaired) electrons. The van der Waals surface area contributed by atoms with Crippen LogP contribution in [-0.2, 0) is 0 Å². The van der Waals surface area contributed by atoms with E-state index in [1.54, 1.807) is 6.20 Å². The van der Waals surface area contributed by atoms with Crippen LogP contribution in [0.4, 0.5) is 0 Å². The van der Waals surface area contributed by atoms with Gasteiger partial charge in [0, 0.05) is 12.1 Å². The minimum atomic E-state index is -4.94. The fourth-order valence-electron chi connectivity index (χ4n) is 0.962. The summed E-state index contributed by atoms with van der Waals surface area (Å²) < 4.78 is 37.0. The molecule has 2 aromatic heterocycles. The van der Waals surface area contributed by atoms with Crippen molar-refractivity contribution in [1.29, 1.82) is 0 Å². The Hall–Kier alpha value is -0.830. The summed E-state index contributed by atoms with van der Waals surface area (Å²) in [6.07, 6.45) is 5.72. The summed E-state index contributed by atoms with van der Waals surface area (Å²) in [4.78, 5) is 4.16. The van der Waals surface area contributed by atoms with Gasteiger partial charge in [-0.3, -0.25) is 0 Å². The summed E-state index contributed by atoms with van der Waals surface area (Å²) in [5.41, 5.74) is 0.954. The second-order valence-electron chi connectivity index (χ2n) is 2.61. The van der Waals surface area contributed by atoms with E-state index in [-0.39, 0.29) is 0 Å². The molecular weight excluding hydrogens is 303 g/mol. The highest BCUT2D eigenvalue weighted by molar-refractivity contribution is 9.10. The van der Waals surface area contributed by atoms with Crippen molar-refractivity contribution in [1.82, 2.24) is 4.98 Å². The zero-order valence-electron chi connectivity index (χ0n) is 7.75. The van der Waals surface area contributed by atoms with Crippen LogP contribution in [0, 0.1) is 10.2 Å². The second-order valence-corrected chi connectivity index (χ2v) is 4.28. The molecule has 0 aromatic carbocycles. The third-order valence-corrected chi connectivity index (χ3v) is 1.93. The van der Waals surface area contributed by atoms with E-state index in [0.29, 0.717) is 0 Å². The predicted octanol–water partition coefficient (Wildman–Crippen LogP) is -3.17. The number of pyridine rings is 1. The Balaban J connectivity index is 0.000000221. The highest BCUT2D eigenvalue weighted by Gasteiger charge is 1.99. The minimum Gasteiger partial charge on any atom is -0.222 e. The first kappa shape index (κ1) is 13.2. The summed E-state index contributed by atoms with van der Waals surface area (Å²) in [5, 5.41) is 0. The van der Waals surface area contributed by atoms with E-state index >= 15 is 0 Å². The fraction of sp³-hybridized carbons (Fsp3) is 0. The van der Waals surface area contributed by atoms with Crippen LogP contribution in [0.15, 0.2) is 41.3 Å². The van der Waals surface area contributed by atoms with Crippen molar-refractivity contribution in [3.8, 4) is 0 Å². The fourth-order valence-corrected chi connectivity index (χ4v) is 1.31. The van der Waals surface area contributed by atoms with Crippen LogP contribution >= 0.6 is 15.9 Å². The van der Waals surface area contributed by atoms with Gasteiger partial charge >= 0.3 is 5.65 Å². The molecule has 8 heteroatoms. The Morgan fingerprint density at radius 3 is 2.44 bits per heavy atom. The largest absolute Gasteiger partial charge is 0.327 e. The Morgan fingerprint density at radius 1 is 1.19 bits per heavy atom. The number of aromatic nitrogens is 2. The lowest BCUT2D eigenvalue weighted by Gasteiger charge is -2.17. The summed E-state index contributed by atoms with van der Waals surface area (Å²) in [6.45, 7) is 0. The van der Waals surface area contributed by atoms with E-state index < -0.39 is 10.2 Å². The Kier molecular flexibility index (Phi) is 4.54. The standard InChI is InChI=1S/C8H6BrN2.ClHO4/c9-7-2-3-8-10-4-1-5-11(8)6-7;2-1(3,4)5/h1-6H;(H,2,3,4,5)/q+1;/p-1. The van der Waals surface area contributed by atoms with Gasteiger partial charge in [-0.15, -0.1) is 10.2 Å². The third-order valence-electron chi connectivity index (χ3n) is 1.46. The van der Waals surface area contributed by atoms with Gasteiger partial charge in [0.25, 0.3) is 0 Å². The van der Waals surface area contributed by atoms with E-state index in [1.807, 2.05) is 35.0 Å². The van der Waals surface area contributed by atoms with Gasteiger partial charge in [-0.2, -0.15) is 0 Å². The molecule has 0 bridgehead atoms. The lowest BCUT2D eigenvalue weighted by Crippen LogP contribution is -2.68. The van der Waals surface area contributed by atoms with Gasteiger partial charge in [-0.05, 0) is 27.0 Å². The lowest BCUT2D eigenvalue weighted by molar-refractivity contribution is -2.00. The summed E-state index contributed by atoms with van der Waals surface area (Å²) in [5.74, 6) is 0. The molecule has 0 amide bonds. The Morgan fingerprint density at radius 2 is 1.81 bits per heavy atom. The quantitative estimate of drug-likeness (QED) is 0.477. The van der Waals surface area contributed by atoms with Gasteiger partial charge in [0.05, 0.1) is 10.7 Å². The zero-order valence-corrected chi connectivity index (χ0v) is 10.1. The normalized spacial score (nSPS) is 10.8. The van der Waals surface area contributed by atoms with Crippen molar-refractivity contribution in [2.45, 2.75) is 0 Å². The Labute approximate surface area is 101 Å². The maximum Gasteiger partial charge on any atom is 0.327 e. The van der Waals surface area contributed by atoms with Gasteiger partial charge in [-0.1, -0.05) is 0 Å². The average Bonchev–Trinajstić information content (AvgIpc) is 2.15. The number of hydrogen-bond donors (Lipinski definition) is 0. The highest BCUT2D eigenvalue weighted by Crippen LogP contribution is 2.05. The van der Waals surface area contributed by atoms with E-state index in [0.717, 1.165) is 10.1 Å². The van der Waals surface area contributed by atoms with Gasteiger partial charge in [0.15, 0.2) is 0 Å². The van der Waals surface area contributed by atoms with E-state index in [9.17, 15) is 0 Å². The molecule has 0 unspecified atom stereocenters. The van der Waals surface area contributed by atoms with Crippen LogP contribution in [0.25, 0.3) is 5.65 Å². The molecular formula is C8H6BrClN2O4. The average molecular weight is 310 g/mol. The number of nitrogens with zero attached hydrogens (tertiary/aromatic N) is 2. The van der Waals surface area contributed by atoms with Crippen LogP contribution in [0.5, 0.6) is 0 Å². The van der Waals surface area contributed by atoms with Crippen molar-refractivity contribution in [2.24, 2.45) is 0 Å². The number of halogens is 2. The van der Waals surface area contributed by atoms with Gasteiger partial charge < -0.3 is 0 Å². The maximum absolute atomic E-state index is 8.49.